The highest BCUT2D eigenvalue weighted by Crippen LogP contribution is 2.31. The standard InChI is InChI=1S/C27H32N8O5S/c1-3-17(2)34-14-22(27(36)31-19-15-39-8-9-40-16-19)21-12-29-25(10-23(21)34)32-24-6-7-28-26(33-24)18-11-30-35(13-18)41(37,38)20-4-5-20/h6-7,10-14,17,19-20H,3-5,8-9,15-16H2,1-2H3,(H,31,36)(H,28,29,32,33). The van der Waals surface area contributed by atoms with E-state index in [1.165, 1.54) is 12.4 Å². The maximum absolute atomic E-state index is 13.3. The number of fused-ring (bicyclic) bond motifs is 1. The zero-order valence-electron chi connectivity index (χ0n) is 22.9. The molecule has 4 aromatic rings. The summed E-state index contributed by atoms with van der Waals surface area (Å²) in [7, 11) is -3.48. The van der Waals surface area contributed by atoms with E-state index in [2.05, 4.69) is 49.1 Å². The van der Waals surface area contributed by atoms with E-state index in [0.717, 1.165) is 21.4 Å². The molecule has 2 aliphatic rings. The molecule has 6 rings (SSSR count). The monoisotopic (exact) mass is 580 g/mol. The van der Waals surface area contributed by atoms with Gasteiger partial charge in [0.15, 0.2) is 5.82 Å². The summed E-state index contributed by atoms with van der Waals surface area (Å²) >= 11 is 0. The number of carbonyl (C=O) groups excluding carboxylic acids is 1. The second-order valence-electron chi connectivity index (χ2n) is 10.4. The van der Waals surface area contributed by atoms with Gasteiger partial charge in [-0.25, -0.2) is 23.4 Å². The van der Waals surface area contributed by atoms with E-state index < -0.39 is 10.0 Å². The topological polar surface area (TPSA) is 155 Å². The molecule has 0 aromatic carbocycles. The molecular weight excluding hydrogens is 548 g/mol. The number of pyridine rings is 1. The third-order valence-electron chi connectivity index (χ3n) is 7.31. The predicted octanol–water partition coefficient (Wildman–Crippen LogP) is 2.89. The number of rotatable bonds is 9. The van der Waals surface area contributed by atoms with Crippen molar-refractivity contribution < 1.29 is 22.7 Å². The summed E-state index contributed by atoms with van der Waals surface area (Å²) in [6, 6.07) is 3.50. The first-order valence-electron chi connectivity index (χ1n) is 13.7. The molecule has 0 radical (unpaired) electrons. The normalized spacial score (nSPS) is 17.3. The number of nitrogens with zero attached hydrogens (tertiary/aromatic N) is 6. The Morgan fingerprint density at radius 2 is 1.90 bits per heavy atom. The highest BCUT2D eigenvalue weighted by molar-refractivity contribution is 7.90. The minimum absolute atomic E-state index is 0.146. The minimum Gasteiger partial charge on any atom is -0.377 e. The average Bonchev–Trinajstić information content (AvgIpc) is 3.68. The second-order valence-corrected chi connectivity index (χ2v) is 12.4. The fraction of sp³-hybridized carbons (Fsp3) is 0.444. The molecule has 216 valence electrons. The second kappa shape index (κ2) is 11.2. The maximum Gasteiger partial charge on any atom is 0.256 e. The molecule has 1 aliphatic carbocycles. The number of ether oxygens (including phenoxy) is 2. The number of nitrogens with one attached hydrogen (secondary N) is 2. The van der Waals surface area contributed by atoms with Crippen LogP contribution in [0.15, 0.2) is 43.1 Å². The van der Waals surface area contributed by atoms with E-state index >= 15 is 0 Å². The number of hydrogen-bond donors (Lipinski definition) is 2. The van der Waals surface area contributed by atoms with Crippen LogP contribution in [0, 0.1) is 0 Å². The largest absolute Gasteiger partial charge is 0.377 e. The average molecular weight is 581 g/mol. The molecule has 1 atom stereocenters. The molecule has 4 aromatic heterocycles. The Labute approximate surface area is 237 Å². The summed E-state index contributed by atoms with van der Waals surface area (Å²) in [6.45, 7) is 6.03. The van der Waals surface area contributed by atoms with E-state index in [1.54, 1.807) is 18.5 Å². The minimum atomic E-state index is -3.48. The van der Waals surface area contributed by atoms with Crippen molar-refractivity contribution in [2.75, 3.05) is 31.7 Å². The zero-order chi connectivity index (χ0) is 28.6. The molecule has 0 spiro atoms. The molecule has 1 aliphatic heterocycles. The highest BCUT2D eigenvalue weighted by Gasteiger charge is 2.37. The maximum atomic E-state index is 13.3. The fourth-order valence-electron chi connectivity index (χ4n) is 4.69. The molecule has 1 amide bonds. The van der Waals surface area contributed by atoms with Gasteiger partial charge in [-0.1, -0.05) is 6.92 Å². The molecule has 2 N–H and O–H groups in total. The Balaban J connectivity index is 1.26. The third kappa shape index (κ3) is 5.67. The lowest BCUT2D eigenvalue weighted by Gasteiger charge is -2.15. The Morgan fingerprint density at radius 1 is 1.12 bits per heavy atom. The van der Waals surface area contributed by atoms with Crippen LogP contribution in [-0.2, 0) is 19.5 Å². The lowest BCUT2D eigenvalue weighted by atomic mass is 10.2. The summed E-state index contributed by atoms with van der Waals surface area (Å²) in [5, 5.41) is 10.6. The predicted molar refractivity (Wildman–Crippen MR) is 152 cm³/mol. The van der Waals surface area contributed by atoms with Crippen LogP contribution in [0.25, 0.3) is 22.3 Å². The van der Waals surface area contributed by atoms with Crippen LogP contribution in [0.1, 0.15) is 49.5 Å². The summed E-state index contributed by atoms with van der Waals surface area (Å²) in [5.74, 6) is 1.15. The molecule has 41 heavy (non-hydrogen) atoms. The summed E-state index contributed by atoms with van der Waals surface area (Å²) in [6.07, 6.45) is 10.2. The van der Waals surface area contributed by atoms with Crippen LogP contribution in [0.2, 0.25) is 0 Å². The molecule has 5 heterocycles. The van der Waals surface area contributed by atoms with E-state index in [9.17, 15) is 13.2 Å². The smallest absolute Gasteiger partial charge is 0.256 e. The van der Waals surface area contributed by atoms with Gasteiger partial charge in [-0.15, -0.1) is 0 Å². The highest BCUT2D eigenvalue weighted by atomic mass is 32.2. The van der Waals surface area contributed by atoms with Crippen molar-refractivity contribution >= 4 is 38.5 Å². The van der Waals surface area contributed by atoms with Crippen molar-refractivity contribution in [2.45, 2.75) is 50.4 Å². The molecule has 0 bridgehead atoms. The van der Waals surface area contributed by atoms with Gasteiger partial charge in [-0.05, 0) is 32.3 Å². The van der Waals surface area contributed by atoms with Gasteiger partial charge in [0.2, 0.25) is 0 Å². The quantitative estimate of drug-likeness (QED) is 0.302. The van der Waals surface area contributed by atoms with E-state index in [-0.39, 0.29) is 23.2 Å². The number of aromatic nitrogens is 6. The third-order valence-corrected chi connectivity index (χ3v) is 9.35. The van der Waals surface area contributed by atoms with Crippen molar-refractivity contribution in [3.05, 3.63) is 48.7 Å². The van der Waals surface area contributed by atoms with Crippen LogP contribution in [-0.4, -0.2) is 80.7 Å². The van der Waals surface area contributed by atoms with Crippen molar-refractivity contribution in [1.29, 1.82) is 0 Å². The Bertz CT molecular complexity index is 1670. The van der Waals surface area contributed by atoms with E-state index in [4.69, 9.17) is 9.47 Å². The van der Waals surface area contributed by atoms with Gasteiger partial charge in [-0.2, -0.15) is 9.19 Å². The Kier molecular flexibility index (Phi) is 7.45. The van der Waals surface area contributed by atoms with Gasteiger partial charge in [0.25, 0.3) is 15.9 Å². The van der Waals surface area contributed by atoms with Gasteiger partial charge in [-0.3, -0.25) is 4.79 Å². The van der Waals surface area contributed by atoms with Crippen molar-refractivity contribution in [3.8, 4) is 11.4 Å². The number of hydrogen-bond acceptors (Lipinski definition) is 10. The number of amides is 1. The molecule has 14 heteroatoms. The van der Waals surface area contributed by atoms with Gasteiger partial charge < -0.3 is 24.7 Å². The van der Waals surface area contributed by atoms with Crippen molar-refractivity contribution in [3.63, 3.8) is 0 Å². The summed E-state index contributed by atoms with van der Waals surface area (Å²) in [5.41, 5.74) is 1.88. The first-order chi connectivity index (χ1) is 19.8. The molecule has 13 nitrogen and oxygen atoms in total. The summed E-state index contributed by atoms with van der Waals surface area (Å²) in [4.78, 5) is 26.7. The van der Waals surface area contributed by atoms with Crippen molar-refractivity contribution in [1.82, 2.24) is 34.0 Å². The van der Waals surface area contributed by atoms with Gasteiger partial charge in [0.1, 0.15) is 11.6 Å². The Morgan fingerprint density at radius 3 is 2.63 bits per heavy atom. The number of anilines is 2. The van der Waals surface area contributed by atoms with Crippen LogP contribution in [0.3, 0.4) is 0 Å². The molecule has 1 saturated carbocycles. The van der Waals surface area contributed by atoms with Crippen LogP contribution in [0.5, 0.6) is 0 Å². The molecule has 1 saturated heterocycles. The first-order valence-corrected chi connectivity index (χ1v) is 15.2. The lowest BCUT2D eigenvalue weighted by molar-refractivity contribution is 0.0877. The van der Waals surface area contributed by atoms with E-state index in [1.807, 2.05) is 12.3 Å². The van der Waals surface area contributed by atoms with Crippen LogP contribution >= 0.6 is 0 Å². The van der Waals surface area contributed by atoms with Gasteiger partial charge in [0.05, 0.1) is 66.8 Å². The SMILES string of the molecule is CCC(C)n1cc(C(=O)NC2COCCOC2)c2cnc(Nc3ccnc(-c4cnn(S(=O)(=O)C5CC5)c4)n3)cc21. The first kappa shape index (κ1) is 27.3. The molecular formula is C27H32N8O5S. The zero-order valence-corrected chi connectivity index (χ0v) is 23.7. The van der Waals surface area contributed by atoms with Crippen molar-refractivity contribution in [2.24, 2.45) is 0 Å². The Hall–Kier alpha value is -3.88. The summed E-state index contributed by atoms with van der Waals surface area (Å²) < 4.78 is 39.1. The van der Waals surface area contributed by atoms with Gasteiger partial charge in [0, 0.05) is 36.1 Å². The molecule has 1 unspecified atom stereocenters. The van der Waals surface area contributed by atoms with E-state index in [0.29, 0.717) is 67.9 Å². The van der Waals surface area contributed by atoms with Crippen LogP contribution in [0.4, 0.5) is 11.6 Å². The fourth-order valence-corrected chi connectivity index (χ4v) is 6.17. The number of carbonyl (C=O) groups is 1. The van der Waals surface area contributed by atoms with Gasteiger partial charge >= 0.3 is 0 Å². The van der Waals surface area contributed by atoms with Crippen LogP contribution < -0.4 is 10.6 Å². The molecule has 2 fully saturated rings. The lowest BCUT2D eigenvalue weighted by Crippen LogP contribution is -2.40.